The lowest BCUT2D eigenvalue weighted by atomic mass is 9.99. The van der Waals surface area contributed by atoms with Gasteiger partial charge in [0, 0.05) is 0 Å². The zero-order chi connectivity index (χ0) is 11.7. The van der Waals surface area contributed by atoms with Crippen LogP contribution in [0.5, 0.6) is 5.75 Å². The van der Waals surface area contributed by atoms with Crippen LogP contribution in [0.15, 0.2) is 24.3 Å². The second kappa shape index (κ2) is 8.34. The van der Waals surface area contributed by atoms with Crippen LogP contribution in [0.4, 0.5) is 0 Å². The summed E-state index contributed by atoms with van der Waals surface area (Å²) >= 11 is 0. The number of rotatable bonds is 3. The Bertz CT molecular complexity index is 236. The van der Waals surface area contributed by atoms with Crippen LogP contribution in [0.2, 0.25) is 0 Å². The van der Waals surface area contributed by atoms with Crippen LogP contribution < -0.4 is 0 Å². The van der Waals surface area contributed by atoms with Crippen molar-refractivity contribution >= 4 is 0 Å². The minimum atomic E-state index is 0.344. The van der Waals surface area contributed by atoms with E-state index in [4.69, 9.17) is 5.11 Å². The van der Waals surface area contributed by atoms with Crippen molar-refractivity contribution in [1.82, 2.24) is 0 Å². The molecule has 1 unspecified atom stereocenters. The first-order chi connectivity index (χ1) is 7.15. The highest BCUT2D eigenvalue weighted by Crippen LogP contribution is 2.20. The highest BCUT2D eigenvalue weighted by molar-refractivity contribution is 5.27. The van der Waals surface area contributed by atoms with Gasteiger partial charge >= 0.3 is 0 Å². The number of benzene rings is 1. The summed E-state index contributed by atoms with van der Waals surface area (Å²) in [6, 6.07) is 7.43. The van der Waals surface area contributed by atoms with Gasteiger partial charge in [-0.05, 0) is 30.0 Å². The summed E-state index contributed by atoms with van der Waals surface area (Å²) in [5, 5.41) is 9.01. The zero-order valence-corrected chi connectivity index (χ0v) is 10.5. The summed E-state index contributed by atoms with van der Waals surface area (Å²) in [6.45, 7) is 8.71. The van der Waals surface area contributed by atoms with Crippen LogP contribution in [-0.4, -0.2) is 5.11 Å². The molecule has 0 amide bonds. The molecule has 1 aromatic carbocycles. The van der Waals surface area contributed by atoms with E-state index in [0.29, 0.717) is 11.7 Å². The largest absolute Gasteiger partial charge is 0.508 e. The number of hydrogen-bond donors (Lipinski definition) is 1. The van der Waals surface area contributed by atoms with Gasteiger partial charge in [0.1, 0.15) is 5.75 Å². The first-order valence-electron chi connectivity index (χ1n) is 5.94. The van der Waals surface area contributed by atoms with E-state index in [1.54, 1.807) is 12.1 Å². The van der Waals surface area contributed by atoms with Crippen LogP contribution >= 0.6 is 0 Å². The van der Waals surface area contributed by atoms with E-state index in [9.17, 15) is 0 Å². The van der Waals surface area contributed by atoms with Gasteiger partial charge in [0.05, 0.1) is 0 Å². The lowest BCUT2D eigenvalue weighted by Crippen LogP contribution is -1.89. The van der Waals surface area contributed by atoms with Crippen molar-refractivity contribution in [2.45, 2.75) is 52.9 Å². The van der Waals surface area contributed by atoms with Crippen LogP contribution in [0.1, 0.15) is 58.4 Å². The first kappa shape index (κ1) is 14.0. The van der Waals surface area contributed by atoms with Crippen molar-refractivity contribution in [3.05, 3.63) is 29.8 Å². The highest BCUT2D eigenvalue weighted by atomic mass is 16.3. The Morgan fingerprint density at radius 1 is 1.00 bits per heavy atom. The molecule has 0 spiro atoms. The maximum Gasteiger partial charge on any atom is 0.115 e. The van der Waals surface area contributed by atoms with E-state index < -0.39 is 0 Å². The molecule has 0 fully saturated rings. The number of hydrogen-bond acceptors (Lipinski definition) is 1. The Labute approximate surface area is 94.2 Å². The minimum Gasteiger partial charge on any atom is -0.508 e. The Hall–Kier alpha value is -0.980. The van der Waals surface area contributed by atoms with E-state index in [1.807, 2.05) is 12.1 Å². The normalized spacial score (nSPS) is 11.5. The molecule has 0 bridgehead atoms. The molecule has 0 radical (unpaired) electrons. The van der Waals surface area contributed by atoms with Crippen LogP contribution in [0.25, 0.3) is 0 Å². The van der Waals surface area contributed by atoms with E-state index in [1.165, 1.54) is 18.4 Å². The summed E-state index contributed by atoms with van der Waals surface area (Å²) in [4.78, 5) is 0. The van der Waals surface area contributed by atoms with Gasteiger partial charge in [-0.1, -0.05) is 52.7 Å². The predicted octanol–water partition coefficient (Wildman–Crippen LogP) is 4.71. The number of unbranched alkanes of at least 4 members (excludes halogenated alkanes) is 1. The van der Waals surface area contributed by atoms with Crippen molar-refractivity contribution in [2.24, 2.45) is 0 Å². The molecule has 0 saturated carbocycles. The van der Waals surface area contributed by atoms with Gasteiger partial charge < -0.3 is 5.11 Å². The fourth-order valence-corrected chi connectivity index (χ4v) is 1.04. The van der Waals surface area contributed by atoms with Gasteiger partial charge in [-0.2, -0.15) is 0 Å². The summed E-state index contributed by atoms with van der Waals surface area (Å²) in [6.07, 6.45) is 3.78. The standard InChI is InChI=1S/C10H14O.C4H10/c1-3-8(2)9-4-6-10(11)7-5-9;1-3-4-2/h4-8,11H,3H2,1-2H3;3-4H2,1-2H3. The summed E-state index contributed by atoms with van der Waals surface area (Å²) in [5.41, 5.74) is 1.30. The second-order valence-corrected chi connectivity index (χ2v) is 3.90. The molecule has 1 atom stereocenters. The van der Waals surface area contributed by atoms with Crippen molar-refractivity contribution in [3.8, 4) is 5.75 Å². The molecule has 0 heterocycles. The average molecular weight is 208 g/mol. The van der Waals surface area contributed by atoms with Gasteiger partial charge in [0.2, 0.25) is 0 Å². The number of phenolic OH excluding ortho intramolecular Hbond substituents is 1. The van der Waals surface area contributed by atoms with Crippen molar-refractivity contribution in [3.63, 3.8) is 0 Å². The summed E-state index contributed by atoms with van der Waals surface area (Å²) < 4.78 is 0. The molecule has 1 aromatic rings. The third-order valence-electron chi connectivity index (χ3n) is 2.57. The quantitative estimate of drug-likeness (QED) is 0.762. The SMILES string of the molecule is CCC(C)c1ccc(O)cc1.CCCC. The maximum atomic E-state index is 9.01. The molecule has 0 aliphatic heterocycles. The molecular weight excluding hydrogens is 184 g/mol. The van der Waals surface area contributed by atoms with Gasteiger partial charge in [-0.25, -0.2) is 0 Å². The van der Waals surface area contributed by atoms with Crippen molar-refractivity contribution < 1.29 is 5.11 Å². The Morgan fingerprint density at radius 2 is 1.47 bits per heavy atom. The summed E-state index contributed by atoms with van der Waals surface area (Å²) in [5.74, 6) is 0.938. The lowest BCUT2D eigenvalue weighted by Gasteiger charge is -2.07. The topological polar surface area (TPSA) is 20.2 Å². The van der Waals surface area contributed by atoms with Gasteiger partial charge in [0.25, 0.3) is 0 Å². The van der Waals surface area contributed by atoms with E-state index in [-0.39, 0.29) is 0 Å². The second-order valence-electron chi connectivity index (χ2n) is 3.90. The molecule has 1 heteroatoms. The molecule has 0 aliphatic carbocycles. The van der Waals surface area contributed by atoms with Crippen LogP contribution in [0.3, 0.4) is 0 Å². The number of aromatic hydroxyl groups is 1. The first-order valence-corrected chi connectivity index (χ1v) is 5.94. The van der Waals surface area contributed by atoms with E-state index >= 15 is 0 Å². The predicted molar refractivity (Wildman–Crippen MR) is 67.4 cm³/mol. The molecule has 86 valence electrons. The zero-order valence-electron chi connectivity index (χ0n) is 10.5. The smallest absolute Gasteiger partial charge is 0.115 e. The van der Waals surface area contributed by atoms with Crippen LogP contribution in [-0.2, 0) is 0 Å². The van der Waals surface area contributed by atoms with Gasteiger partial charge in [-0.15, -0.1) is 0 Å². The molecular formula is C14H24O. The fourth-order valence-electron chi connectivity index (χ4n) is 1.04. The van der Waals surface area contributed by atoms with Gasteiger partial charge in [0.15, 0.2) is 0 Å². The van der Waals surface area contributed by atoms with Crippen LogP contribution in [0, 0.1) is 0 Å². The molecule has 1 N–H and O–H groups in total. The minimum absolute atomic E-state index is 0.344. The molecule has 1 nitrogen and oxygen atoms in total. The molecule has 1 rings (SSSR count). The maximum absolute atomic E-state index is 9.01. The Balaban J connectivity index is 0.000000423. The lowest BCUT2D eigenvalue weighted by molar-refractivity contribution is 0.475. The average Bonchev–Trinajstić information content (AvgIpc) is 2.29. The van der Waals surface area contributed by atoms with Gasteiger partial charge in [-0.3, -0.25) is 0 Å². The fraction of sp³-hybridized carbons (Fsp3) is 0.571. The molecule has 15 heavy (non-hydrogen) atoms. The molecule has 0 aromatic heterocycles. The highest BCUT2D eigenvalue weighted by Gasteiger charge is 2.00. The number of phenols is 1. The monoisotopic (exact) mass is 208 g/mol. The molecule has 0 aliphatic rings. The Morgan fingerprint density at radius 3 is 1.80 bits per heavy atom. The van der Waals surface area contributed by atoms with Crippen molar-refractivity contribution in [2.75, 3.05) is 0 Å². The third kappa shape index (κ3) is 6.16. The van der Waals surface area contributed by atoms with E-state index in [0.717, 1.165) is 6.42 Å². The third-order valence-corrected chi connectivity index (χ3v) is 2.57. The Kier molecular flexibility index (Phi) is 7.79. The van der Waals surface area contributed by atoms with Crippen molar-refractivity contribution in [1.29, 1.82) is 0 Å². The summed E-state index contributed by atoms with van der Waals surface area (Å²) in [7, 11) is 0. The van der Waals surface area contributed by atoms with E-state index in [2.05, 4.69) is 27.7 Å². The molecule has 0 saturated heterocycles.